The monoisotopic (exact) mass is 276 g/mol. The largest absolute Gasteiger partial charge is 0.388 e. The molecular weight excluding hydrogens is 248 g/mol. The lowest BCUT2D eigenvalue weighted by Gasteiger charge is -2.50. The van der Waals surface area contributed by atoms with Gasteiger partial charge in [-0.15, -0.1) is 0 Å². The van der Waals surface area contributed by atoms with Crippen LogP contribution in [-0.2, 0) is 0 Å². The molecule has 0 spiro atoms. The molecule has 0 aromatic heterocycles. The summed E-state index contributed by atoms with van der Waals surface area (Å²) in [7, 11) is 0. The second-order valence-corrected chi connectivity index (χ2v) is 7.28. The van der Waals surface area contributed by atoms with Gasteiger partial charge in [-0.3, -0.25) is 0 Å². The molecule has 2 aliphatic heterocycles. The minimum Gasteiger partial charge on any atom is -0.388 e. The van der Waals surface area contributed by atoms with Crippen molar-refractivity contribution in [3.05, 3.63) is 0 Å². The van der Waals surface area contributed by atoms with E-state index in [1.165, 1.54) is 38.6 Å². The molecule has 20 heavy (non-hydrogen) atoms. The zero-order valence-electron chi connectivity index (χ0n) is 12.6. The Bertz CT molecular complexity index is 381. The summed E-state index contributed by atoms with van der Waals surface area (Å²) in [5, 5.41) is 21.3. The summed E-state index contributed by atoms with van der Waals surface area (Å²) in [4.78, 5) is 2.53. The topological polar surface area (TPSA) is 47.3 Å². The number of piperidine rings is 1. The van der Waals surface area contributed by atoms with Crippen LogP contribution < -0.4 is 0 Å². The van der Waals surface area contributed by atoms with E-state index in [0.29, 0.717) is 6.04 Å². The molecule has 3 heteroatoms. The Morgan fingerprint density at radius 2 is 1.65 bits per heavy atom. The van der Waals surface area contributed by atoms with Crippen LogP contribution in [-0.4, -0.2) is 34.7 Å². The highest BCUT2D eigenvalue weighted by Gasteiger charge is 2.53. The lowest BCUT2D eigenvalue weighted by Crippen LogP contribution is -2.56. The van der Waals surface area contributed by atoms with Crippen LogP contribution in [0.1, 0.15) is 70.6 Å². The second-order valence-electron chi connectivity index (χ2n) is 7.28. The van der Waals surface area contributed by atoms with E-state index < -0.39 is 11.0 Å². The average molecular weight is 276 g/mol. The van der Waals surface area contributed by atoms with Crippen molar-refractivity contribution >= 4 is 0 Å². The average Bonchev–Trinajstić information content (AvgIpc) is 2.86. The number of aliphatic hydroxyl groups is 1. The van der Waals surface area contributed by atoms with Gasteiger partial charge in [0, 0.05) is 12.6 Å². The van der Waals surface area contributed by atoms with Crippen molar-refractivity contribution in [2.45, 2.75) is 82.3 Å². The van der Waals surface area contributed by atoms with E-state index in [0.717, 1.165) is 45.1 Å². The summed E-state index contributed by atoms with van der Waals surface area (Å²) in [6.07, 6.45) is 11.9. The number of fused-ring (bicyclic) bond motifs is 1. The number of hydrogen-bond acceptors (Lipinski definition) is 3. The van der Waals surface area contributed by atoms with E-state index in [1.54, 1.807) is 0 Å². The van der Waals surface area contributed by atoms with Crippen molar-refractivity contribution < 1.29 is 5.11 Å². The van der Waals surface area contributed by atoms with Crippen LogP contribution in [0, 0.1) is 16.7 Å². The minimum atomic E-state index is -0.732. The summed E-state index contributed by atoms with van der Waals surface area (Å²) in [5.41, 5.74) is -1.20. The molecule has 0 amide bonds. The van der Waals surface area contributed by atoms with Crippen molar-refractivity contribution in [3.63, 3.8) is 0 Å². The highest BCUT2D eigenvalue weighted by Crippen LogP contribution is 2.50. The molecule has 2 saturated heterocycles. The zero-order chi connectivity index (χ0) is 14.1. The van der Waals surface area contributed by atoms with Crippen LogP contribution >= 0.6 is 0 Å². The predicted octanol–water partition coefficient (Wildman–Crippen LogP) is 3.23. The normalized spacial score (nSPS) is 38.5. The Morgan fingerprint density at radius 1 is 0.950 bits per heavy atom. The number of nitriles is 1. The summed E-state index contributed by atoms with van der Waals surface area (Å²) >= 11 is 0. The Hall–Kier alpha value is -0.590. The molecule has 0 aromatic rings. The lowest BCUT2D eigenvalue weighted by atomic mass is 9.61. The van der Waals surface area contributed by atoms with Gasteiger partial charge in [-0.05, 0) is 45.1 Å². The van der Waals surface area contributed by atoms with E-state index in [1.807, 2.05) is 0 Å². The van der Waals surface area contributed by atoms with E-state index >= 15 is 0 Å². The van der Waals surface area contributed by atoms with Gasteiger partial charge in [-0.1, -0.05) is 32.1 Å². The summed E-state index contributed by atoms with van der Waals surface area (Å²) in [5.74, 6) is 0. The number of nitrogens with zero attached hydrogens (tertiary/aromatic N) is 2. The smallest absolute Gasteiger partial charge is 0.0861 e. The Morgan fingerprint density at radius 3 is 2.35 bits per heavy atom. The van der Waals surface area contributed by atoms with Gasteiger partial charge in [-0.2, -0.15) is 5.26 Å². The molecule has 2 unspecified atom stereocenters. The maximum atomic E-state index is 11.4. The van der Waals surface area contributed by atoms with Crippen molar-refractivity contribution in [1.29, 1.82) is 5.26 Å². The van der Waals surface area contributed by atoms with Gasteiger partial charge in [0.15, 0.2) is 0 Å². The summed E-state index contributed by atoms with van der Waals surface area (Å²) < 4.78 is 0. The van der Waals surface area contributed by atoms with Crippen LogP contribution in [0.2, 0.25) is 0 Å². The molecule has 0 bridgehead atoms. The Balaban J connectivity index is 1.81. The Labute approximate surface area is 123 Å². The molecule has 0 radical (unpaired) electrons. The zero-order valence-corrected chi connectivity index (χ0v) is 12.6. The fourth-order valence-corrected chi connectivity index (χ4v) is 4.87. The molecule has 112 valence electrons. The molecule has 3 rings (SSSR count). The van der Waals surface area contributed by atoms with Gasteiger partial charge < -0.3 is 10.0 Å². The minimum absolute atomic E-state index is 0.470. The van der Waals surface area contributed by atoms with Crippen LogP contribution in [0.25, 0.3) is 0 Å². The molecule has 2 atom stereocenters. The van der Waals surface area contributed by atoms with Crippen molar-refractivity contribution in [1.82, 2.24) is 4.90 Å². The van der Waals surface area contributed by atoms with Crippen molar-refractivity contribution in [3.8, 4) is 6.07 Å². The first-order valence-corrected chi connectivity index (χ1v) is 8.57. The molecule has 2 heterocycles. The highest BCUT2D eigenvalue weighted by molar-refractivity contribution is 5.14. The summed E-state index contributed by atoms with van der Waals surface area (Å²) in [6.45, 7) is 2.19. The first-order chi connectivity index (χ1) is 9.69. The quantitative estimate of drug-likeness (QED) is 0.800. The maximum absolute atomic E-state index is 11.4. The third-order valence-corrected chi connectivity index (χ3v) is 6.20. The van der Waals surface area contributed by atoms with Crippen molar-refractivity contribution in [2.75, 3.05) is 13.1 Å². The predicted molar refractivity (Wildman–Crippen MR) is 79.1 cm³/mol. The van der Waals surface area contributed by atoms with E-state index in [9.17, 15) is 10.4 Å². The molecule has 3 nitrogen and oxygen atoms in total. The van der Waals surface area contributed by atoms with Crippen molar-refractivity contribution in [2.24, 2.45) is 5.41 Å². The fourth-order valence-electron chi connectivity index (χ4n) is 4.87. The van der Waals surface area contributed by atoms with Gasteiger partial charge in [0.25, 0.3) is 0 Å². The van der Waals surface area contributed by atoms with Crippen LogP contribution in [0.5, 0.6) is 0 Å². The molecular formula is C17H28N2O. The van der Waals surface area contributed by atoms with E-state index in [-0.39, 0.29) is 0 Å². The Kier molecular flexibility index (Phi) is 4.06. The highest BCUT2D eigenvalue weighted by atomic mass is 16.3. The third kappa shape index (κ3) is 2.38. The maximum Gasteiger partial charge on any atom is 0.0861 e. The van der Waals surface area contributed by atoms with Gasteiger partial charge >= 0.3 is 0 Å². The number of hydrogen-bond donors (Lipinski definition) is 1. The van der Waals surface area contributed by atoms with Gasteiger partial charge in [0.05, 0.1) is 17.1 Å². The standard InChI is InChI=1S/C17H28N2O/c18-14-16(8-4-2-1-3-5-9-16)17(20)10-12-19-11-6-7-15(19)13-17/h15,20H,1-13H2. The third-order valence-electron chi connectivity index (χ3n) is 6.20. The van der Waals surface area contributed by atoms with Gasteiger partial charge in [-0.25, -0.2) is 0 Å². The summed E-state index contributed by atoms with van der Waals surface area (Å²) in [6, 6.07) is 3.14. The number of rotatable bonds is 1. The van der Waals surface area contributed by atoms with Gasteiger partial charge in [0.2, 0.25) is 0 Å². The first-order valence-electron chi connectivity index (χ1n) is 8.57. The molecule has 3 aliphatic rings. The second kappa shape index (κ2) is 5.66. The van der Waals surface area contributed by atoms with Crippen LogP contribution in [0.4, 0.5) is 0 Å². The van der Waals surface area contributed by atoms with Crippen LogP contribution in [0.3, 0.4) is 0 Å². The molecule has 1 N–H and O–H groups in total. The molecule has 1 aliphatic carbocycles. The fraction of sp³-hybridized carbons (Fsp3) is 0.941. The SMILES string of the molecule is N#CC1(C2(O)CCN3CCCC3C2)CCCCCCC1. The van der Waals surface area contributed by atoms with E-state index in [4.69, 9.17) is 0 Å². The van der Waals surface area contributed by atoms with Crippen LogP contribution in [0.15, 0.2) is 0 Å². The molecule has 0 aromatic carbocycles. The lowest BCUT2D eigenvalue weighted by molar-refractivity contribution is -0.116. The van der Waals surface area contributed by atoms with Gasteiger partial charge in [0.1, 0.15) is 0 Å². The molecule has 3 fully saturated rings. The van der Waals surface area contributed by atoms with E-state index in [2.05, 4.69) is 11.0 Å². The first kappa shape index (κ1) is 14.4. The molecule has 1 saturated carbocycles.